The number of carboxylic acid groups (broad SMARTS) is 2. The Morgan fingerprint density at radius 3 is 2.27 bits per heavy atom. The van der Waals surface area contributed by atoms with E-state index in [0.29, 0.717) is 23.6 Å². The van der Waals surface area contributed by atoms with E-state index in [1.807, 2.05) is 0 Å². The fourth-order valence-electron chi connectivity index (χ4n) is 4.22. The molecule has 1 aliphatic heterocycles. The number of amides is 5. The zero-order valence-corrected chi connectivity index (χ0v) is 21.6. The number of imide groups is 1. The number of hydrogen-bond acceptors (Lipinski definition) is 7. The molecule has 2 aromatic heterocycles. The van der Waals surface area contributed by atoms with Crippen molar-refractivity contribution < 1.29 is 33.8 Å². The lowest BCUT2D eigenvalue weighted by molar-refractivity contribution is 0.0919. The highest BCUT2D eigenvalue weighted by Gasteiger charge is 2.23. The van der Waals surface area contributed by atoms with E-state index in [0.717, 1.165) is 25.2 Å². The van der Waals surface area contributed by atoms with Crippen LogP contribution in [-0.4, -0.2) is 70.4 Å². The fourth-order valence-corrected chi connectivity index (χ4v) is 4.22. The van der Waals surface area contributed by atoms with Crippen LogP contribution in [0.2, 0.25) is 0 Å². The molecule has 3 heterocycles. The lowest BCUT2D eigenvalue weighted by atomic mass is 10.1. The van der Waals surface area contributed by atoms with E-state index in [2.05, 4.69) is 25.8 Å². The molecule has 0 radical (unpaired) electrons. The molecule has 5 amide bonds. The second-order valence-corrected chi connectivity index (χ2v) is 9.13. The molecule has 40 heavy (non-hydrogen) atoms. The molecule has 0 saturated carbocycles. The van der Waals surface area contributed by atoms with Crippen molar-refractivity contribution in [3.8, 4) is 11.3 Å². The predicted octanol–water partition coefficient (Wildman–Crippen LogP) is 4.04. The van der Waals surface area contributed by atoms with Crippen LogP contribution in [0, 0.1) is 0 Å². The van der Waals surface area contributed by atoms with Gasteiger partial charge in [-0.15, -0.1) is 0 Å². The molecule has 1 aromatic carbocycles. The van der Waals surface area contributed by atoms with Crippen molar-refractivity contribution in [3.63, 3.8) is 0 Å². The smallest absolute Gasteiger partial charge is 0.422 e. The van der Waals surface area contributed by atoms with Gasteiger partial charge in [0.2, 0.25) is 0 Å². The topological polar surface area (TPSA) is 177 Å². The number of anilines is 2. The average molecular weight is 551 g/mol. The highest BCUT2D eigenvalue weighted by Crippen LogP contribution is 2.24. The minimum absolute atomic E-state index is 0.0760. The number of piperidine rings is 1. The van der Waals surface area contributed by atoms with Crippen LogP contribution in [0.5, 0.6) is 0 Å². The summed E-state index contributed by atoms with van der Waals surface area (Å²) < 4.78 is 5.73. The first-order chi connectivity index (χ1) is 19.3. The number of hydrogen-bond donors (Lipinski definition) is 5. The van der Waals surface area contributed by atoms with E-state index < -0.39 is 18.2 Å². The van der Waals surface area contributed by atoms with E-state index in [1.165, 1.54) is 37.6 Å². The van der Waals surface area contributed by atoms with Gasteiger partial charge in [-0.2, -0.15) is 4.90 Å². The Labute approximate surface area is 229 Å². The van der Waals surface area contributed by atoms with Crippen LogP contribution in [-0.2, 0) is 6.54 Å². The number of carbonyl (C=O) groups excluding carboxylic acids is 2. The molecular formula is C27H30N6O7. The minimum Gasteiger partial charge on any atom is -0.464 e. The van der Waals surface area contributed by atoms with Crippen molar-refractivity contribution in [2.75, 3.05) is 36.4 Å². The molecule has 13 nitrogen and oxygen atoms in total. The largest absolute Gasteiger partial charge is 0.464 e. The van der Waals surface area contributed by atoms with Crippen LogP contribution in [0.25, 0.3) is 11.3 Å². The number of pyridine rings is 1. The highest BCUT2D eigenvalue weighted by atomic mass is 16.4. The summed E-state index contributed by atoms with van der Waals surface area (Å²) in [4.78, 5) is 53.1. The van der Waals surface area contributed by atoms with Crippen molar-refractivity contribution in [2.24, 2.45) is 0 Å². The maximum Gasteiger partial charge on any atom is 0.422 e. The van der Waals surface area contributed by atoms with Crippen molar-refractivity contribution in [2.45, 2.75) is 25.8 Å². The third kappa shape index (κ3) is 7.57. The average Bonchev–Trinajstić information content (AvgIpc) is 3.44. The van der Waals surface area contributed by atoms with Crippen molar-refractivity contribution in [1.82, 2.24) is 20.5 Å². The Morgan fingerprint density at radius 2 is 1.62 bits per heavy atom. The monoisotopic (exact) mass is 550 g/mol. The zero-order chi connectivity index (χ0) is 28.5. The van der Waals surface area contributed by atoms with Gasteiger partial charge in [-0.1, -0.05) is 12.5 Å². The Bertz CT molecular complexity index is 1320. The minimum atomic E-state index is -1.67. The number of urea groups is 1. The maximum atomic E-state index is 12.4. The molecule has 210 valence electrons. The van der Waals surface area contributed by atoms with Crippen LogP contribution >= 0.6 is 0 Å². The van der Waals surface area contributed by atoms with Crippen molar-refractivity contribution in [3.05, 3.63) is 66.1 Å². The van der Waals surface area contributed by atoms with Gasteiger partial charge in [0.15, 0.2) is 5.76 Å². The number of carbonyl (C=O) groups is 4. The number of aromatic nitrogens is 1. The quantitative estimate of drug-likeness (QED) is 0.263. The van der Waals surface area contributed by atoms with Crippen LogP contribution in [0.15, 0.2) is 59.1 Å². The van der Waals surface area contributed by atoms with Gasteiger partial charge >= 0.3 is 18.2 Å². The van der Waals surface area contributed by atoms with E-state index in [9.17, 15) is 19.2 Å². The summed E-state index contributed by atoms with van der Waals surface area (Å²) in [6.45, 7) is 3.61. The summed E-state index contributed by atoms with van der Waals surface area (Å²) in [5.41, 5.74) is 1.80. The van der Waals surface area contributed by atoms with E-state index in [4.69, 9.17) is 14.6 Å². The molecule has 5 N–H and O–H groups in total. The molecule has 0 unspecified atom stereocenters. The SMILES string of the molecule is O=C(NCc1ccc(N(C(=O)O)C(=O)O)nc1)Nc1ccc(-c2ccc(C(=O)NCCN3CCCCC3)o2)cc1. The Balaban J connectivity index is 1.23. The summed E-state index contributed by atoms with van der Waals surface area (Å²) in [5.74, 6) is 0.225. The lowest BCUT2D eigenvalue weighted by Crippen LogP contribution is -2.37. The zero-order valence-electron chi connectivity index (χ0n) is 21.6. The second-order valence-electron chi connectivity index (χ2n) is 9.13. The van der Waals surface area contributed by atoms with Crippen molar-refractivity contribution in [1.29, 1.82) is 0 Å². The van der Waals surface area contributed by atoms with E-state index in [1.54, 1.807) is 36.4 Å². The molecule has 0 bridgehead atoms. The van der Waals surface area contributed by atoms with Crippen LogP contribution in [0.3, 0.4) is 0 Å². The molecular weight excluding hydrogens is 520 g/mol. The first-order valence-electron chi connectivity index (χ1n) is 12.8. The Kier molecular flexibility index (Phi) is 9.31. The molecule has 0 spiro atoms. The lowest BCUT2D eigenvalue weighted by Gasteiger charge is -2.26. The predicted molar refractivity (Wildman–Crippen MR) is 145 cm³/mol. The number of benzene rings is 1. The summed E-state index contributed by atoms with van der Waals surface area (Å²) >= 11 is 0. The third-order valence-electron chi connectivity index (χ3n) is 6.29. The standard InChI is InChI=1S/C27H30N6O7/c34-24(28-12-15-32-13-2-1-3-14-32)22-10-9-21(40-22)19-5-7-20(8-6-19)31-25(35)30-17-18-4-11-23(29-16-18)33(26(36)37)27(38)39/h4-11,16H,1-3,12-15,17H2,(H,28,34)(H,36,37)(H,38,39)(H2,30,31,35). The van der Waals surface area contributed by atoms with Gasteiger partial charge in [0, 0.05) is 37.1 Å². The molecule has 1 fully saturated rings. The van der Waals surface area contributed by atoms with E-state index in [-0.39, 0.29) is 28.9 Å². The fraction of sp³-hybridized carbons (Fsp3) is 0.296. The molecule has 1 saturated heterocycles. The second kappa shape index (κ2) is 13.2. The molecule has 13 heteroatoms. The van der Waals surface area contributed by atoms with E-state index >= 15 is 0 Å². The number of nitrogens with zero attached hydrogens (tertiary/aromatic N) is 3. The van der Waals surface area contributed by atoms with Gasteiger partial charge in [0.1, 0.15) is 11.6 Å². The molecule has 0 aliphatic carbocycles. The molecule has 4 rings (SSSR count). The van der Waals surface area contributed by atoms with Gasteiger partial charge in [0.05, 0.1) is 0 Å². The van der Waals surface area contributed by atoms with Crippen LogP contribution < -0.4 is 20.9 Å². The Morgan fingerprint density at radius 1 is 0.900 bits per heavy atom. The number of likely N-dealkylation sites (tertiary alicyclic amines) is 1. The van der Waals surface area contributed by atoms with Crippen LogP contribution in [0.1, 0.15) is 35.4 Å². The Hall–Kier alpha value is -4.91. The normalized spacial score (nSPS) is 13.3. The van der Waals surface area contributed by atoms with Crippen molar-refractivity contribution >= 4 is 35.6 Å². The summed E-state index contributed by atoms with van der Waals surface area (Å²) in [6, 6.07) is 12.5. The van der Waals surface area contributed by atoms with Gasteiger partial charge in [-0.25, -0.2) is 19.4 Å². The number of nitrogens with one attached hydrogen (secondary N) is 3. The highest BCUT2D eigenvalue weighted by molar-refractivity contribution is 6.06. The van der Waals surface area contributed by atoms with Gasteiger partial charge in [-0.05, 0) is 74.0 Å². The first kappa shape index (κ1) is 28.1. The molecule has 1 aliphatic rings. The molecule has 3 aromatic rings. The van der Waals surface area contributed by atoms with Gasteiger partial charge < -0.3 is 35.5 Å². The van der Waals surface area contributed by atoms with Gasteiger partial charge in [0.25, 0.3) is 5.91 Å². The van der Waals surface area contributed by atoms with Crippen LogP contribution in [0.4, 0.5) is 25.9 Å². The summed E-state index contributed by atoms with van der Waals surface area (Å²) in [6.07, 6.45) is 1.60. The number of furan rings is 1. The summed E-state index contributed by atoms with van der Waals surface area (Å²) in [7, 11) is 0. The first-order valence-corrected chi connectivity index (χ1v) is 12.8. The third-order valence-corrected chi connectivity index (χ3v) is 6.29. The van der Waals surface area contributed by atoms with Gasteiger partial charge in [-0.3, -0.25) is 4.79 Å². The maximum absolute atomic E-state index is 12.4. The summed E-state index contributed by atoms with van der Waals surface area (Å²) in [5, 5.41) is 26.2. The molecule has 0 atom stereocenters. The number of rotatable bonds is 9.